The second-order valence-electron chi connectivity index (χ2n) is 10.7. The highest BCUT2D eigenvalue weighted by Gasteiger charge is 2.57. The van der Waals surface area contributed by atoms with Crippen molar-refractivity contribution in [2.24, 2.45) is 5.92 Å². The van der Waals surface area contributed by atoms with Gasteiger partial charge in [0.2, 0.25) is 11.3 Å². The van der Waals surface area contributed by atoms with Gasteiger partial charge in [0.1, 0.15) is 29.1 Å². The number of carbonyl (C=O) groups is 4. The Bertz CT molecular complexity index is 1630. The van der Waals surface area contributed by atoms with Crippen LogP contribution in [-0.2, 0) is 14.3 Å². The molecule has 4 aliphatic rings. The van der Waals surface area contributed by atoms with Gasteiger partial charge in [0.15, 0.2) is 0 Å². The Labute approximate surface area is 241 Å². The molecule has 15 heteroatoms. The summed E-state index contributed by atoms with van der Waals surface area (Å²) in [5.41, 5.74) is -0.729. The molecule has 1 aromatic carbocycles. The van der Waals surface area contributed by atoms with E-state index in [0.29, 0.717) is 5.52 Å². The van der Waals surface area contributed by atoms with E-state index in [9.17, 15) is 39.3 Å². The number of ether oxygens (including phenoxy) is 1. The average molecular weight is 603 g/mol. The summed E-state index contributed by atoms with van der Waals surface area (Å²) < 4.78 is 22.4. The Kier molecular flexibility index (Phi) is 6.88. The number of amides is 2. The molecule has 3 atom stereocenters. The van der Waals surface area contributed by atoms with E-state index in [1.54, 1.807) is 15.5 Å². The number of thioether (sulfide) groups is 1. The van der Waals surface area contributed by atoms with Crippen molar-refractivity contribution < 1.29 is 43.6 Å². The van der Waals surface area contributed by atoms with E-state index in [-0.39, 0.29) is 60.5 Å². The lowest BCUT2D eigenvalue weighted by Gasteiger charge is -2.43. The quantitative estimate of drug-likeness (QED) is 0.394. The molecule has 0 spiro atoms. The van der Waals surface area contributed by atoms with Crippen molar-refractivity contribution in [2.75, 3.05) is 37.7 Å². The number of carbonyl (C=O) groups excluding carboxylic acids is 2. The fourth-order valence-corrected chi connectivity index (χ4v) is 7.23. The second-order valence-corrected chi connectivity index (χ2v) is 11.9. The van der Waals surface area contributed by atoms with Gasteiger partial charge in [-0.25, -0.2) is 18.8 Å². The van der Waals surface area contributed by atoms with Gasteiger partial charge < -0.3 is 34.4 Å². The van der Waals surface area contributed by atoms with Gasteiger partial charge >= 0.3 is 18.0 Å². The number of piperazine rings is 1. The summed E-state index contributed by atoms with van der Waals surface area (Å²) in [5.74, 6) is -4.60. The van der Waals surface area contributed by atoms with Crippen LogP contribution in [0, 0.1) is 11.7 Å². The molecule has 3 N–H and O–H groups in total. The number of aliphatic carboxylic acids is 1. The smallest absolute Gasteiger partial charge is 0.410 e. The number of nitrogens with zero attached hydrogens (tertiary/aromatic N) is 4. The molecule has 1 saturated carbocycles. The summed E-state index contributed by atoms with van der Waals surface area (Å²) in [6, 6.07) is 2.66. The van der Waals surface area contributed by atoms with Crippen LogP contribution < -0.4 is 10.3 Å². The maximum atomic E-state index is 15.2. The van der Waals surface area contributed by atoms with Gasteiger partial charge in [-0.2, -0.15) is 0 Å². The molecular formula is C27H27FN4O9S. The lowest BCUT2D eigenvalue weighted by Crippen LogP contribution is -2.60. The molecule has 4 heterocycles. The van der Waals surface area contributed by atoms with Crippen LogP contribution in [0.2, 0.25) is 0 Å². The van der Waals surface area contributed by atoms with Crippen LogP contribution in [0.1, 0.15) is 36.2 Å². The van der Waals surface area contributed by atoms with Crippen LogP contribution in [0.3, 0.4) is 0 Å². The van der Waals surface area contributed by atoms with Crippen LogP contribution in [0.25, 0.3) is 10.9 Å². The highest BCUT2D eigenvalue weighted by atomic mass is 32.2. The van der Waals surface area contributed by atoms with Gasteiger partial charge in [-0.3, -0.25) is 14.5 Å². The number of carboxylic acids is 2. The first-order chi connectivity index (χ1) is 20.0. The number of halogens is 1. The number of hydrogen-bond acceptors (Lipinski definition) is 9. The zero-order valence-corrected chi connectivity index (χ0v) is 23.2. The molecule has 0 bridgehead atoms. The molecule has 3 fully saturated rings. The van der Waals surface area contributed by atoms with Crippen molar-refractivity contribution in [1.29, 1.82) is 0 Å². The Morgan fingerprint density at radius 2 is 1.79 bits per heavy atom. The third kappa shape index (κ3) is 4.56. The number of β-lactam (4-membered cyclic amide) rings is 1. The maximum Gasteiger partial charge on any atom is 0.410 e. The number of carboxylic acid groups (broad SMARTS) is 2. The SMILES string of the molecule is CC(O)[C@@H]1C(=O)N2C(C(=O)O)=C(COC(=O)N3CCN(c4cc5c(cc4F)c(=O)c(C(=O)O)cn5C4CC4)CC3)S[C@@H]12. The van der Waals surface area contributed by atoms with E-state index in [2.05, 4.69) is 0 Å². The standard InChI is InChI=1S/C27H27FN4O9S/c1-12(33)20-23(35)32-21(26(38)39)19(42-24(20)32)11-41-27(40)30-6-4-29(5-7-30)18-9-17-14(8-16(18)28)22(34)15(25(36)37)10-31(17)13-2-3-13/h8-10,12-13,20,24,33H,2-7,11H2,1H3,(H,36,37)(H,38,39)/t12?,20-,24+/m1/s1. The molecule has 1 aliphatic carbocycles. The van der Waals surface area contributed by atoms with Crippen molar-refractivity contribution in [3.05, 3.63) is 50.5 Å². The lowest BCUT2D eigenvalue weighted by atomic mass is 9.92. The number of aromatic carboxylic acids is 1. The van der Waals surface area contributed by atoms with Gasteiger partial charge in [0, 0.05) is 43.8 Å². The Morgan fingerprint density at radius 1 is 1.10 bits per heavy atom. The Hall–Kier alpha value is -4.11. The molecule has 42 heavy (non-hydrogen) atoms. The van der Waals surface area contributed by atoms with E-state index in [0.717, 1.165) is 35.6 Å². The fourth-order valence-electron chi connectivity index (χ4n) is 5.71. The van der Waals surface area contributed by atoms with Crippen LogP contribution in [0.5, 0.6) is 0 Å². The number of benzene rings is 1. The minimum atomic E-state index is -1.37. The van der Waals surface area contributed by atoms with E-state index in [1.807, 2.05) is 0 Å². The van der Waals surface area contributed by atoms with E-state index in [4.69, 9.17) is 4.74 Å². The zero-order chi connectivity index (χ0) is 30.0. The average Bonchev–Trinajstić information content (AvgIpc) is 3.73. The molecular weight excluding hydrogens is 575 g/mol. The predicted octanol–water partition coefficient (Wildman–Crippen LogP) is 1.64. The van der Waals surface area contributed by atoms with Crippen LogP contribution in [0.15, 0.2) is 33.7 Å². The number of fused-ring (bicyclic) bond motifs is 2. The van der Waals surface area contributed by atoms with Crippen LogP contribution in [-0.4, -0.2) is 97.9 Å². The normalized spacial score (nSPS) is 22.7. The first-order valence-corrected chi connectivity index (χ1v) is 14.3. The molecule has 3 aliphatic heterocycles. The van der Waals surface area contributed by atoms with Gasteiger partial charge in [-0.05, 0) is 31.9 Å². The number of hydrogen-bond donors (Lipinski definition) is 3. The van der Waals surface area contributed by atoms with E-state index in [1.165, 1.54) is 18.0 Å². The number of aliphatic hydroxyl groups excluding tert-OH is 1. The minimum Gasteiger partial charge on any atom is -0.477 e. The van der Waals surface area contributed by atoms with Crippen LogP contribution in [0.4, 0.5) is 14.9 Å². The summed E-state index contributed by atoms with van der Waals surface area (Å²) in [6.45, 7) is 1.96. The third-order valence-electron chi connectivity index (χ3n) is 8.05. The van der Waals surface area contributed by atoms with Crippen molar-refractivity contribution >= 4 is 52.3 Å². The molecule has 2 aromatic rings. The van der Waals surface area contributed by atoms with Gasteiger partial charge in [-0.1, -0.05) is 11.8 Å². The number of aromatic nitrogens is 1. The second kappa shape index (κ2) is 10.3. The highest BCUT2D eigenvalue weighted by molar-refractivity contribution is 8.04. The fraction of sp³-hybridized carbons (Fsp3) is 0.444. The maximum absolute atomic E-state index is 15.2. The highest BCUT2D eigenvalue weighted by Crippen LogP contribution is 2.50. The summed E-state index contributed by atoms with van der Waals surface area (Å²) in [7, 11) is 0. The largest absolute Gasteiger partial charge is 0.477 e. The summed E-state index contributed by atoms with van der Waals surface area (Å²) in [5, 5.41) is 28.4. The first kappa shape index (κ1) is 28.0. The molecule has 13 nitrogen and oxygen atoms in total. The summed E-state index contributed by atoms with van der Waals surface area (Å²) in [6.07, 6.45) is 1.32. The monoisotopic (exact) mass is 602 g/mol. The van der Waals surface area contributed by atoms with Crippen molar-refractivity contribution in [1.82, 2.24) is 14.4 Å². The molecule has 1 aromatic heterocycles. The van der Waals surface area contributed by atoms with Crippen molar-refractivity contribution in [2.45, 2.75) is 37.3 Å². The molecule has 2 amide bonds. The lowest BCUT2D eigenvalue weighted by molar-refractivity contribution is -0.156. The number of anilines is 1. The number of rotatable bonds is 7. The molecule has 0 radical (unpaired) electrons. The molecule has 222 valence electrons. The Balaban J connectivity index is 1.13. The summed E-state index contributed by atoms with van der Waals surface area (Å²) >= 11 is 1.08. The Morgan fingerprint density at radius 3 is 2.38 bits per heavy atom. The third-order valence-corrected chi connectivity index (χ3v) is 9.39. The van der Waals surface area contributed by atoms with Crippen LogP contribution >= 0.6 is 11.8 Å². The van der Waals surface area contributed by atoms with Gasteiger partial charge in [0.05, 0.1) is 28.1 Å². The van der Waals surface area contributed by atoms with Gasteiger partial charge in [0.25, 0.3) is 0 Å². The predicted molar refractivity (Wildman–Crippen MR) is 147 cm³/mol. The molecule has 1 unspecified atom stereocenters. The molecule has 2 saturated heterocycles. The number of pyridine rings is 1. The summed E-state index contributed by atoms with van der Waals surface area (Å²) in [4.78, 5) is 65.8. The number of aliphatic hydroxyl groups is 1. The van der Waals surface area contributed by atoms with E-state index < -0.39 is 58.1 Å². The van der Waals surface area contributed by atoms with Crippen molar-refractivity contribution in [3.63, 3.8) is 0 Å². The first-order valence-electron chi connectivity index (χ1n) is 13.4. The van der Waals surface area contributed by atoms with Crippen molar-refractivity contribution in [3.8, 4) is 0 Å². The zero-order valence-electron chi connectivity index (χ0n) is 22.4. The minimum absolute atomic E-state index is 0.00342. The van der Waals surface area contributed by atoms with Gasteiger partial charge in [-0.15, -0.1) is 0 Å². The van der Waals surface area contributed by atoms with E-state index >= 15 is 4.39 Å². The topological polar surface area (TPSA) is 170 Å². The molecule has 6 rings (SSSR count).